The topological polar surface area (TPSA) is 117 Å². The van der Waals surface area contributed by atoms with E-state index in [0.717, 1.165) is 27.8 Å². The first-order chi connectivity index (χ1) is 18.4. The number of benzene rings is 2. The van der Waals surface area contributed by atoms with E-state index in [1.165, 1.54) is 28.5 Å². The number of thiazole rings is 1. The molecular formula is C28H27N3O5S2. The normalized spacial score (nSPS) is 16.6. The Bertz CT molecular complexity index is 1490. The van der Waals surface area contributed by atoms with Gasteiger partial charge >= 0.3 is 5.97 Å². The number of hydrogen-bond donors (Lipinski definition) is 2. The minimum absolute atomic E-state index is 0.0408. The second-order valence-corrected chi connectivity index (χ2v) is 11.4. The second kappa shape index (κ2) is 11.5. The molecule has 2 aromatic heterocycles. The van der Waals surface area contributed by atoms with Crippen molar-refractivity contribution in [2.75, 3.05) is 12.3 Å². The summed E-state index contributed by atoms with van der Waals surface area (Å²) in [6.07, 6.45) is 4.59. The number of aryl methyl sites for hydroxylation is 1. The molecule has 0 radical (unpaired) electrons. The molecule has 38 heavy (non-hydrogen) atoms. The number of hydrogen-bond acceptors (Lipinski definition) is 8. The number of carboxylic acids is 1. The van der Waals surface area contributed by atoms with Crippen LogP contribution in [-0.4, -0.2) is 61.4 Å². The van der Waals surface area contributed by atoms with Crippen molar-refractivity contribution in [1.29, 1.82) is 0 Å². The van der Waals surface area contributed by atoms with E-state index < -0.39 is 12.1 Å². The Morgan fingerprint density at radius 1 is 1.29 bits per heavy atom. The highest BCUT2D eigenvalue weighted by atomic mass is 32.2. The van der Waals surface area contributed by atoms with Gasteiger partial charge in [-0.1, -0.05) is 42.1 Å². The van der Waals surface area contributed by atoms with Gasteiger partial charge < -0.3 is 19.5 Å². The van der Waals surface area contributed by atoms with Crippen molar-refractivity contribution in [3.63, 3.8) is 0 Å². The molecule has 0 bridgehead atoms. The summed E-state index contributed by atoms with van der Waals surface area (Å²) in [6.45, 7) is 2.54. The fourth-order valence-corrected chi connectivity index (χ4v) is 6.26. The summed E-state index contributed by atoms with van der Waals surface area (Å²) in [7, 11) is 0. The Balaban J connectivity index is 1.18. The molecule has 2 aromatic carbocycles. The maximum absolute atomic E-state index is 12.4. The maximum Gasteiger partial charge on any atom is 0.355 e. The van der Waals surface area contributed by atoms with Gasteiger partial charge in [-0.05, 0) is 48.7 Å². The van der Waals surface area contributed by atoms with Crippen molar-refractivity contribution in [3.05, 3.63) is 76.8 Å². The third-order valence-electron chi connectivity index (χ3n) is 6.35. The predicted molar refractivity (Wildman–Crippen MR) is 148 cm³/mol. The van der Waals surface area contributed by atoms with E-state index in [0.29, 0.717) is 41.8 Å². The van der Waals surface area contributed by atoms with E-state index in [4.69, 9.17) is 9.52 Å². The molecule has 4 aromatic rings. The molecule has 1 fully saturated rings. The number of carbonyl (C=O) groups is 2. The number of aromatic carboxylic acids is 1. The minimum atomic E-state index is -1.04. The molecule has 2 N–H and O–H groups in total. The Hall–Kier alpha value is -3.47. The largest absolute Gasteiger partial charge is 0.476 e. The minimum Gasteiger partial charge on any atom is -0.476 e. The van der Waals surface area contributed by atoms with Crippen LogP contribution in [-0.2, 0) is 11.2 Å². The first-order valence-electron chi connectivity index (χ1n) is 12.3. The maximum atomic E-state index is 12.4. The molecule has 196 valence electrons. The Labute approximate surface area is 228 Å². The number of aromatic nitrogens is 2. The van der Waals surface area contributed by atoms with Gasteiger partial charge in [-0.15, -0.1) is 11.3 Å². The molecule has 1 saturated heterocycles. The van der Waals surface area contributed by atoms with Gasteiger partial charge in [0.2, 0.25) is 11.8 Å². The molecule has 0 unspecified atom stereocenters. The van der Waals surface area contributed by atoms with Crippen LogP contribution in [0.2, 0.25) is 0 Å². The van der Waals surface area contributed by atoms with Gasteiger partial charge in [-0.2, -0.15) is 0 Å². The van der Waals surface area contributed by atoms with Gasteiger partial charge in [0.15, 0.2) is 15.6 Å². The zero-order valence-electron chi connectivity index (χ0n) is 20.7. The molecule has 1 aliphatic rings. The number of likely N-dealkylation sites (tertiary alicyclic amines) is 1. The Morgan fingerprint density at radius 2 is 2.16 bits per heavy atom. The van der Waals surface area contributed by atoms with Crippen molar-refractivity contribution in [2.45, 2.75) is 42.7 Å². The van der Waals surface area contributed by atoms with Crippen molar-refractivity contribution >= 4 is 46.1 Å². The van der Waals surface area contributed by atoms with Crippen molar-refractivity contribution in [1.82, 2.24) is 14.9 Å². The Morgan fingerprint density at radius 3 is 2.97 bits per heavy atom. The van der Waals surface area contributed by atoms with Crippen LogP contribution in [0.3, 0.4) is 0 Å². The number of rotatable bonds is 10. The number of aliphatic hydroxyl groups excluding tert-OH is 1. The van der Waals surface area contributed by atoms with Gasteiger partial charge in [0.25, 0.3) is 0 Å². The predicted octanol–water partition coefficient (Wildman–Crippen LogP) is 5.20. The zero-order chi connectivity index (χ0) is 26.6. The van der Waals surface area contributed by atoms with Crippen LogP contribution in [0, 0.1) is 6.92 Å². The smallest absolute Gasteiger partial charge is 0.355 e. The highest BCUT2D eigenvalue weighted by Gasteiger charge is 2.28. The van der Waals surface area contributed by atoms with Crippen LogP contribution in [0.25, 0.3) is 22.6 Å². The molecule has 8 nitrogen and oxygen atoms in total. The zero-order valence-corrected chi connectivity index (χ0v) is 22.4. The van der Waals surface area contributed by atoms with Crippen LogP contribution in [0.15, 0.2) is 68.8 Å². The van der Waals surface area contributed by atoms with E-state index in [9.17, 15) is 14.7 Å². The first-order valence-corrected chi connectivity index (χ1v) is 14.2. The summed E-state index contributed by atoms with van der Waals surface area (Å²) in [6, 6.07) is 13.7. The van der Waals surface area contributed by atoms with Crippen molar-refractivity contribution in [3.8, 4) is 11.5 Å². The molecule has 5 rings (SSSR count). The van der Waals surface area contributed by atoms with E-state index in [1.807, 2.05) is 60.4 Å². The van der Waals surface area contributed by atoms with Gasteiger partial charge in [-0.3, -0.25) is 4.79 Å². The van der Waals surface area contributed by atoms with Gasteiger partial charge in [0.05, 0.1) is 12.1 Å². The number of carbonyl (C=O) groups excluding carboxylic acids is 1. The van der Waals surface area contributed by atoms with Gasteiger partial charge in [-0.25, -0.2) is 14.8 Å². The lowest BCUT2D eigenvalue weighted by Gasteiger charge is -2.22. The van der Waals surface area contributed by atoms with Crippen LogP contribution < -0.4 is 0 Å². The lowest BCUT2D eigenvalue weighted by molar-refractivity contribution is -0.128. The van der Waals surface area contributed by atoms with Gasteiger partial charge in [0, 0.05) is 36.1 Å². The standard InChI is InChI=1S/C28H27N3O5S2/c1-17-5-9-22-24(13-17)36-26(29-22)19-4-2-3-18(14-19)15-21(32)8-6-20-7-10-25(33)31(20)11-12-37-28-30-23(16-38-28)27(34)35/h2-6,8-9,13-14,16,20-21,32H,7,10-12,15H2,1H3,(H,34,35)/t20-,21+/m0/s1. The van der Waals surface area contributed by atoms with Crippen LogP contribution in [0.5, 0.6) is 0 Å². The highest BCUT2D eigenvalue weighted by Crippen LogP contribution is 2.27. The van der Waals surface area contributed by atoms with Crippen LogP contribution in [0.1, 0.15) is 34.5 Å². The number of nitrogens with zero attached hydrogens (tertiary/aromatic N) is 3. The quantitative estimate of drug-likeness (QED) is 0.205. The molecule has 0 saturated carbocycles. The van der Waals surface area contributed by atoms with E-state index in [-0.39, 0.29) is 17.6 Å². The number of carboxylic acid groups (broad SMARTS) is 1. The van der Waals surface area contributed by atoms with Crippen molar-refractivity contribution < 1.29 is 24.2 Å². The van der Waals surface area contributed by atoms with E-state index >= 15 is 0 Å². The number of thioether (sulfide) groups is 1. The van der Waals surface area contributed by atoms with E-state index in [1.54, 1.807) is 6.08 Å². The number of aliphatic hydroxyl groups is 1. The SMILES string of the molecule is Cc1ccc2nc(-c3cccc(C[C@H](O)C=C[C@H]4CCC(=O)N4CCSc4nc(C(=O)O)cs4)c3)oc2c1. The average molecular weight is 550 g/mol. The lowest BCUT2D eigenvalue weighted by atomic mass is 10.0. The van der Waals surface area contributed by atoms with E-state index in [2.05, 4.69) is 9.97 Å². The molecular weight excluding hydrogens is 522 g/mol. The number of amides is 1. The molecule has 10 heteroatoms. The first kappa shape index (κ1) is 26.1. The van der Waals surface area contributed by atoms with Gasteiger partial charge in [0.1, 0.15) is 5.52 Å². The average Bonchev–Trinajstić information content (AvgIpc) is 3.62. The molecule has 3 heterocycles. The number of fused-ring (bicyclic) bond motifs is 1. The molecule has 0 spiro atoms. The molecule has 1 amide bonds. The lowest BCUT2D eigenvalue weighted by Crippen LogP contribution is -2.33. The molecule has 0 aliphatic carbocycles. The van der Waals surface area contributed by atoms with Crippen molar-refractivity contribution in [2.24, 2.45) is 0 Å². The summed E-state index contributed by atoms with van der Waals surface area (Å²) < 4.78 is 6.62. The summed E-state index contributed by atoms with van der Waals surface area (Å²) in [5.74, 6) is 0.209. The fourth-order valence-electron chi connectivity index (χ4n) is 4.45. The molecule has 1 aliphatic heterocycles. The Kier molecular flexibility index (Phi) is 7.92. The molecule has 2 atom stereocenters. The highest BCUT2D eigenvalue weighted by molar-refractivity contribution is 8.01. The third kappa shape index (κ3) is 6.15. The van der Waals surface area contributed by atoms with Crippen LogP contribution >= 0.6 is 23.1 Å². The summed E-state index contributed by atoms with van der Waals surface area (Å²) in [5.41, 5.74) is 4.52. The number of oxazole rings is 1. The summed E-state index contributed by atoms with van der Waals surface area (Å²) in [4.78, 5) is 33.9. The second-order valence-electron chi connectivity index (χ2n) is 9.19. The summed E-state index contributed by atoms with van der Waals surface area (Å²) >= 11 is 2.73. The monoisotopic (exact) mass is 549 g/mol. The summed E-state index contributed by atoms with van der Waals surface area (Å²) in [5, 5.41) is 21.2. The third-order valence-corrected chi connectivity index (χ3v) is 8.35. The fraction of sp³-hybridized carbons (Fsp3) is 0.286. The van der Waals surface area contributed by atoms with Crippen LogP contribution in [0.4, 0.5) is 0 Å².